The van der Waals surface area contributed by atoms with Crippen LogP contribution >= 0.6 is 0 Å². The lowest BCUT2D eigenvalue weighted by Gasteiger charge is -2.42. The van der Waals surface area contributed by atoms with Crippen LogP contribution in [0.15, 0.2) is 59.4 Å². The Hall–Kier alpha value is -4.74. The molecule has 0 aromatic carbocycles. The van der Waals surface area contributed by atoms with Crippen molar-refractivity contribution in [3.63, 3.8) is 0 Å². The maximum atomic E-state index is 14.3. The van der Waals surface area contributed by atoms with E-state index in [2.05, 4.69) is 20.6 Å². The predicted octanol–water partition coefficient (Wildman–Crippen LogP) is 3.25. The van der Waals surface area contributed by atoms with Gasteiger partial charge in [0.2, 0.25) is 17.7 Å². The molecule has 4 N–H and O–H groups in total. The number of pyridine rings is 2. The Morgan fingerprint density at radius 3 is 2.23 bits per heavy atom. The number of rotatable bonds is 12. The molecule has 3 aromatic rings. The number of nitrogens with two attached hydrogens (primary N) is 1. The van der Waals surface area contributed by atoms with Crippen molar-refractivity contribution in [3.05, 3.63) is 66.3 Å². The van der Waals surface area contributed by atoms with Gasteiger partial charge in [-0.25, -0.2) is 4.98 Å². The van der Waals surface area contributed by atoms with E-state index >= 15 is 0 Å². The zero-order valence-corrected chi connectivity index (χ0v) is 25.5. The summed E-state index contributed by atoms with van der Waals surface area (Å²) in [6.45, 7) is 3.39. The van der Waals surface area contributed by atoms with Crippen molar-refractivity contribution < 1.29 is 28.3 Å². The van der Waals surface area contributed by atoms with Crippen LogP contribution in [0, 0.1) is 11.8 Å². The zero-order valence-electron chi connectivity index (χ0n) is 25.5. The van der Waals surface area contributed by atoms with E-state index in [0.29, 0.717) is 30.0 Å². The average molecular weight is 605 g/mol. The van der Waals surface area contributed by atoms with Gasteiger partial charge in [0.15, 0.2) is 11.5 Å². The number of hydrogen-bond donors (Lipinski definition) is 3. The van der Waals surface area contributed by atoms with Crippen molar-refractivity contribution in [1.82, 2.24) is 25.5 Å². The summed E-state index contributed by atoms with van der Waals surface area (Å²) in [4.78, 5) is 63.0. The molecule has 1 fully saturated rings. The number of aromatic nitrogens is 2. The molecule has 234 valence electrons. The van der Waals surface area contributed by atoms with E-state index in [1.54, 1.807) is 36.8 Å². The maximum absolute atomic E-state index is 14.3. The van der Waals surface area contributed by atoms with E-state index in [9.17, 15) is 19.2 Å². The summed E-state index contributed by atoms with van der Waals surface area (Å²) in [5.74, 6) is -3.10. The van der Waals surface area contributed by atoms with Crippen LogP contribution in [0.3, 0.4) is 0 Å². The third kappa shape index (κ3) is 7.24. The zero-order chi connectivity index (χ0) is 31.8. The number of amides is 4. The molecule has 0 bridgehead atoms. The lowest BCUT2D eigenvalue weighted by atomic mass is 9.81. The molecule has 4 atom stereocenters. The highest BCUT2D eigenvalue weighted by Gasteiger charge is 2.46. The van der Waals surface area contributed by atoms with Crippen LogP contribution in [0.4, 0.5) is 0 Å². The van der Waals surface area contributed by atoms with Gasteiger partial charge in [0.1, 0.15) is 29.6 Å². The Bertz CT molecular complexity index is 1440. The van der Waals surface area contributed by atoms with Gasteiger partial charge in [-0.1, -0.05) is 26.2 Å². The summed E-state index contributed by atoms with van der Waals surface area (Å²) in [7, 11) is 2.89. The third-order valence-electron chi connectivity index (χ3n) is 8.18. The number of nitrogens with zero attached hydrogens (tertiary/aromatic N) is 3. The van der Waals surface area contributed by atoms with Crippen molar-refractivity contribution in [1.29, 1.82) is 0 Å². The van der Waals surface area contributed by atoms with E-state index in [-0.39, 0.29) is 17.8 Å². The molecule has 3 heterocycles. The first-order chi connectivity index (χ1) is 21.2. The van der Waals surface area contributed by atoms with E-state index < -0.39 is 41.6 Å². The summed E-state index contributed by atoms with van der Waals surface area (Å²) in [6, 6.07) is 7.89. The number of furan rings is 1. The molecule has 1 aliphatic rings. The number of nitrogens with one attached hydrogen (secondary N) is 2. The van der Waals surface area contributed by atoms with Gasteiger partial charge in [0.25, 0.3) is 5.91 Å². The standard InChI is InChI=1S/C32H40N6O6/c1-19(29(33)39)27(30(40)34-3)38(28(31(41)35-4)22-8-6-5-7-9-22)32(42)26-13-12-25(44-26)24-11-10-23(18-37-24)43-20(2)21-14-16-36-17-15-21/h10-20,22,27-28H,5-9H2,1-4H3,(H2,33,39)(H,34,40)(H,35,41)/t19?,20-,27-,28-/m0/s1. The van der Waals surface area contributed by atoms with Gasteiger partial charge in [0.05, 0.1) is 12.1 Å². The van der Waals surface area contributed by atoms with Gasteiger partial charge in [-0.3, -0.25) is 24.2 Å². The Labute approximate surface area is 256 Å². The number of likely N-dealkylation sites (N-methyl/N-ethyl adjacent to an activating group) is 2. The molecule has 0 aliphatic heterocycles. The van der Waals surface area contributed by atoms with Crippen LogP contribution in [0.1, 0.15) is 68.2 Å². The minimum Gasteiger partial charge on any atom is -0.484 e. The van der Waals surface area contributed by atoms with E-state index in [1.165, 1.54) is 32.0 Å². The Morgan fingerprint density at radius 1 is 0.955 bits per heavy atom. The molecular weight excluding hydrogens is 564 g/mol. The van der Waals surface area contributed by atoms with Gasteiger partial charge in [-0.2, -0.15) is 0 Å². The van der Waals surface area contributed by atoms with Gasteiger partial charge < -0.3 is 30.4 Å². The fourth-order valence-electron chi connectivity index (χ4n) is 5.71. The van der Waals surface area contributed by atoms with Crippen molar-refractivity contribution >= 4 is 23.6 Å². The summed E-state index contributed by atoms with van der Waals surface area (Å²) >= 11 is 0. The summed E-state index contributed by atoms with van der Waals surface area (Å²) < 4.78 is 12.0. The summed E-state index contributed by atoms with van der Waals surface area (Å²) in [5.41, 5.74) is 7.06. The molecule has 12 heteroatoms. The molecule has 4 rings (SSSR count). The van der Waals surface area contributed by atoms with Gasteiger partial charge in [0, 0.05) is 26.5 Å². The first kappa shape index (κ1) is 32.2. The van der Waals surface area contributed by atoms with Crippen LogP contribution in [0.5, 0.6) is 5.75 Å². The monoisotopic (exact) mass is 604 g/mol. The first-order valence-corrected chi connectivity index (χ1v) is 14.8. The molecule has 0 saturated heterocycles. The maximum Gasteiger partial charge on any atom is 0.290 e. The molecule has 1 saturated carbocycles. The average Bonchev–Trinajstić information content (AvgIpc) is 3.55. The Balaban J connectivity index is 1.66. The van der Waals surface area contributed by atoms with Crippen LogP contribution in [-0.2, 0) is 14.4 Å². The van der Waals surface area contributed by atoms with Crippen molar-refractivity contribution in [2.24, 2.45) is 17.6 Å². The summed E-state index contributed by atoms with van der Waals surface area (Å²) in [5, 5.41) is 5.19. The van der Waals surface area contributed by atoms with Crippen LogP contribution in [-0.4, -0.2) is 64.7 Å². The topological polar surface area (TPSA) is 170 Å². The van der Waals surface area contributed by atoms with Crippen LogP contribution < -0.4 is 21.1 Å². The lowest BCUT2D eigenvalue weighted by molar-refractivity contribution is -0.138. The molecule has 3 aromatic heterocycles. The van der Waals surface area contributed by atoms with Crippen molar-refractivity contribution in [2.75, 3.05) is 14.1 Å². The minimum absolute atomic E-state index is 0.108. The van der Waals surface area contributed by atoms with Crippen LogP contribution in [0.25, 0.3) is 11.5 Å². The normalized spacial score (nSPS) is 16.2. The third-order valence-corrected chi connectivity index (χ3v) is 8.18. The number of carbonyl (C=O) groups excluding carboxylic acids is 4. The fourth-order valence-corrected chi connectivity index (χ4v) is 5.71. The molecule has 1 aliphatic carbocycles. The smallest absolute Gasteiger partial charge is 0.290 e. The number of carbonyl (C=O) groups is 4. The first-order valence-electron chi connectivity index (χ1n) is 14.8. The van der Waals surface area contributed by atoms with Crippen molar-refractivity contribution in [3.8, 4) is 17.2 Å². The van der Waals surface area contributed by atoms with Crippen molar-refractivity contribution in [2.45, 2.75) is 64.1 Å². The fraction of sp³-hybridized carbons (Fsp3) is 0.438. The number of ether oxygens (including phenoxy) is 1. The van der Waals surface area contributed by atoms with E-state index in [4.69, 9.17) is 14.9 Å². The molecule has 12 nitrogen and oxygen atoms in total. The summed E-state index contributed by atoms with van der Waals surface area (Å²) in [6.07, 6.45) is 8.89. The molecule has 0 radical (unpaired) electrons. The van der Waals surface area contributed by atoms with Gasteiger partial charge in [-0.15, -0.1) is 0 Å². The molecule has 0 spiro atoms. The van der Waals surface area contributed by atoms with E-state index in [1.807, 2.05) is 19.1 Å². The quantitative estimate of drug-likeness (QED) is 0.283. The highest BCUT2D eigenvalue weighted by atomic mass is 16.5. The van der Waals surface area contributed by atoms with Gasteiger partial charge >= 0.3 is 0 Å². The highest BCUT2D eigenvalue weighted by Crippen LogP contribution is 2.33. The Kier molecular flexibility index (Phi) is 10.7. The second kappa shape index (κ2) is 14.6. The molecule has 1 unspecified atom stereocenters. The predicted molar refractivity (Wildman–Crippen MR) is 162 cm³/mol. The molecule has 44 heavy (non-hydrogen) atoms. The number of primary amides is 1. The van der Waals surface area contributed by atoms with Gasteiger partial charge in [-0.05, 0) is 67.6 Å². The second-order valence-electron chi connectivity index (χ2n) is 11.0. The largest absolute Gasteiger partial charge is 0.484 e. The minimum atomic E-state index is -1.35. The number of hydrogen-bond acceptors (Lipinski definition) is 8. The van der Waals surface area contributed by atoms with E-state index in [0.717, 1.165) is 24.8 Å². The molecule has 4 amide bonds. The Morgan fingerprint density at radius 2 is 1.64 bits per heavy atom. The second-order valence-corrected chi connectivity index (χ2v) is 11.0. The SMILES string of the molecule is CNC(=O)[C@H](C1CCCCC1)N(C(=O)c1ccc(-c2ccc(O[C@@H](C)c3ccncc3)cn2)o1)[C@H](C(=O)NC)C(C)C(N)=O. The molecular formula is C32H40N6O6. The highest BCUT2D eigenvalue weighted by molar-refractivity contribution is 6.01. The lowest BCUT2D eigenvalue weighted by Crippen LogP contribution is -2.63. The van der Waals surface area contributed by atoms with Crippen LogP contribution in [0.2, 0.25) is 0 Å².